The molecule has 0 saturated carbocycles. The molecule has 5 nitrogen and oxygen atoms in total. The van der Waals surface area contributed by atoms with Gasteiger partial charge in [0.1, 0.15) is 5.60 Å². The van der Waals surface area contributed by atoms with Crippen LogP contribution in [0.5, 0.6) is 0 Å². The van der Waals surface area contributed by atoms with Gasteiger partial charge in [0.05, 0.1) is 19.8 Å². The number of hydrogen-bond acceptors (Lipinski definition) is 4. The molecule has 0 radical (unpaired) electrons. The van der Waals surface area contributed by atoms with E-state index in [0.29, 0.717) is 26.4 Å². The third kappa shape index (κ3) is 6.82. The lowest BCUT2D eigenvalue weighted by atomic mass is 10.1. The fourth-order valence-electron chi connectivity index (χ4n) is 0.697. The second-order valence-corrected chi connectivity index (χ2v) is 3.42. The lowest BCUT2D eigenvalue weighted by Gasteiger charge is -2.16. The fourth-order valence-corrected chi connectivity index (χ4v) is 0.697. The predicted octanol–water partition coefficient (Wildman–Crippen LogP) is -0.463. The third-order valence-corrected chi connectivity index (χ3v) is 1.52. The maximum Gasteiger partial charge on any atom is 0.251 e. The molecule has 0 aliphatic rings. The summed E-state index contributed by atoms with van der Waals surface area (Å²) in [4.78, 5) is 11.1. The highest BCUT2D eigenvalue weighted by Crippen LogP contribution is 1.98. The van der Waals surface area contributed by atoms with Gasteiger partial charge in [-0.3, -0.25) is 4.79 Å². The van der Waals surface area contributed by atoms with Crippen molar-refractivity contribution < 1.29 is 19.4 Å². The van der Waals surface area contributed by atoms with E-state index in [0.717, 1.165) is 0 Å². The van der Waals surface area contributed by atoms with Crippen LogP contribution in [0.2, 0.25) is 0 Å². The van der Waals surface area contributed by atoms with Gasteiger partial charge in [-0.25, -0.2) is 0 Å². The molecule has 0 spiro atoms. The number of ether oxygens (including phenoxy) is 2. The van der Waals surface area contributed by atoms with E-state index in [4.69, 9.17) is 9.47 Å². The van der Waals surface area contributed by atoms with Gasteiger partial charge in [0, 0.05) is 13.7 Å². The lowest BCUT2D eigenvalue weighted by Crippen LogP contribution is -2.43. The van der Waals surface area contributed by atoms with Crippen molar-refractivity contribution in [2.24, 2.45) is 0 Å². The van der Waals surface area contributed by atoms with Crippen molar-refractivity contribution in [2.45, 2.75) is 19.4 Å². The standard InChI is InChI=1S/C9H19NO4/c1-9(2,12)8(11)10-4-5-14-7-6-13-3/h12H,4-7H2,1-3H3,(H,10,11). The zero-order valence-corrected chi connectivity index (χ0v) is 9.00. The monoisotopic (exact) mass is 205 g/mol. The van der Waals surface area contributed by atoms with Crippen molar-refractivity contribution in [1.82, 2.24) is 5.32 Å². The van der Waals surface area contributed by atoms with Crippen LogP contribution in [0.1, 0.15) is 13.8 Å². The molecule has 0 fully saturated rings. The van der Waals surface area contributed by atoms with E-state index in [9.17, 15) is 9.90 Å². The summed E-state index contributed by atoms with van der Waals surface area (Å²) in [5.41, 5.74) is -1.33. The first kappa shape index (κ1) is 13.4. The molecule has 0 aliphatic heterocycles. The van der Waals surface area contributed by atoms with Crippen molar-refractivity contribution in [2.75, 3.05) is 33.5 Å². The first-order valence-electron chi connectivity index (χ1n) is 4.56. The lowest BCUT2D eigenvalue weighted by molar-refractivity contribution is -0.136. The van der Waals surface area contributed by atoms with Crippen LogP contribution in [0, 0.1) is 0 Å². The number of aliphatic hydroxyl groups is 1. The molecule has 5 heteroatoms. The Morgan fingerprint density at radius 1 is 1.36 bits per heavy atom. The van der Waals surface area contributed by atoms with Gasteiger partial charge in [0.15, 0.2) is 0 Å². The molecule has 1 amide bonds. The highest BCUT2D eigenvalue weighted by molar-refractivity contribution is 5.83. The topological polar surface area (TPSA) is 67.8 Å². The van der Waals surface area contributed by atoms with Crippen LogP contribution < -0.4 is 5.32 Å². The molecule has 0 aliphatic carbocycles. The minimum atomic E-state index is -1.33. The fraction of sp³-hybridized carbons (Fsp3) is 0.889. The number of carbonyl (C=O) groups is 1. The second kappa shape index (κ2) is 6.75. The Kier molecular flexibility index (Phi) is 6.44. The molecule has 0 unspecified atom stereocenters. The summed E-state index contributed by atoms with van der Waals surface area (Å²) in [5, 5.41) is 11.8. The molecule has 0 aromatic carbocycles. The first-order chi connectivity index (χ1) is 6.48. The van der Waals surface area contributed by atoms with Crippen molar-refractivity contribution in [3.63, 3.8) is 0 Å². The van der Waals surface area contributed by atoms with Gasteiger partial charge in [-0.05, 0) is 13.8 Å². The summed E-state index contributed by atoms with van der Waals surface area (Å²) >= 11 is 0. The van der Waals surface area contributed by atoms with Crippen LogP contribution in [0.3, 0.4) is 0 Å². The summed E-state index contributed by atoms with van der Waals surface area (Å²) in [6.07, 6.45) is 0. The van der Waals surface area contributed by atoms with Crippen LogP contribution in [0.4, 0.5) is 0 Å². The largest absolute Gasteiger partial charge is 0.382 e. The van der Waals surface area contributed by atoms with Crippen molar-refractivity contribution in [3.8, 4) is 0 Å². The Morgan fingerprint density at radius 3 is 2.50 bits per heavy atom. The molecule has 84 valence electrons. The molecular weight excluding hydrogens is 186 g/mol. The van der Waals surface area contributed by atoms with E-state index < -0.39 is 11.5 Å². The number of rotatable bonds is 7. The molecule has 0 saturated heterocycles. The van der Waals surface area contributed by atoms with Crippen LogP contribution in [0.15, 0.2) is 0 Å². The molecule has 14 heavy (non-hydrogen) atoms. The molecule has 0 heterocycles. The van der Waals surface area contributed by atoms with E-state index >= 15 is 0 Å². The molecule has 0 atom stereocenters. The van der Waals surface area contributed by atoms with E-state index in [1.807, 2.05) is 0 Å². The van der Waals surface area contributed by atoms with E-state index in [-0.39, 0.29) is 0 Å². The third-order valence-electron chi connectivity index (χ3n) is 1.52. The molecule has 0 aromatic rings. The van der Waals surface area contributed by atoms with Crippen LogP contribution in [0.25, 0.3) is 0 Å². The van der Waals surface area contributed by atoms with Crippen molar-refractivity contribution in [3.05, 3.63) is 0 Å². The van der Waals surface area contributed by atoms with E-state index in [1.54, 1.807) is 7.11 Å². The zero-order valence-electron chi connectivity index (χ0n) is 9.00. The average Bonchev–Trinajstić information content (AvgIpc) is 2.09. The van der Waals surface area contributed by atoms with Gasteiger partial charge >= 0.3 is 0 Å². The molecule has 0 aromatic heterocycles. The smallest absolute Gasteiger partial charge is 0.251 e. The van der Waals surface area contributed by atoms with E-state index in [2.05, 4.69) is 5.32 Å². The number of hydrogen-bond donors (Lipinski definition) is 2. The first-order valence-corrected chi connectivity index (χ1v) is 4.56. The maximum atomic E-state index is 11.1. The zero-order chi connectivity index (χ0) is 11.0. The van der Waals surface area contributed by atoms with Gasteiger partial charge in [-0.2, -0.15) is 0 Å². The predicted molar refractivity (Wildman–Crippen MR) is 52.0 cm³/mol. The number of carbonyl (C=O) groups excluding carboxylic acids is 1. The molecule has 0 bridgehead atoms. The Bertz CT molecular complexity index is 165. The Balaban J connectivity index is 3.33. The van der Waals surface area contributed by atoms with E-state index in [1.165, 1.54) is 13.8 Å². The molecular formula is C9H19NO4. The van der Waals surface area contributed by atoms with Crippen LogP contribution in [-0.2, 0) is 14.3 Å². The number of amides is 1. The van der Waals surface area contributed by atoms with Crippen molar-refractivity contribution >= 4 is 5.91 Å². The summed E-state index contributed by atoms with van der Waals surface area (Å²) in [7, 11) is 1.60. The Labute approximate surface area is 84.4 Å². The maximum absolute atomic E-state index is 11.1. The quantitative estimate of drug-likeness (QED) is 0.552. The minimum absolute atomic E-state index is 0.395. The summed E-state index contributed by atoms with van der Waals surface area (Å²) in [5.74, 6) is -0.396. The highest BCUT2D eigenvalue weighted by atomic mass is 16.5. The van der Waals surface area contributed by atoms with Gasteiger partial charge in [0.2, 0.25) is 0 Å². The average molecular weight is 205 g/mol. The summed E-state index contributed by atoms with van der Waals surface area (Å²) in [6.45, 7) is 4.74. The summed E-state index contributed by atoms with van der Waals surface area (Å²) in [6, 6.07) is 0. The molecule has 0 rings (SSSR count). The normalized spacial score (nSPS) is 11.4. The Morgan fingerprint density at radius 2 is 2.00 bits per heavy atom. The molecule has 2 N–H and O–H groups in total. The van der Waals surface area contributed by atoms with Crippen molar-refractivity contribution in [1.29, 1.82) is 0 Å². The van der Waals surface area contributed by atoms with Gasteiger partial charge in [0.25, 0.3) is 5.91 Å². The number of methoxy groups -OCH3 is 1. The summed E-state index contributed by atoms with van der Waals surface area (Å²) < 4.78 is 9.89. The Hall–Kier alpha value is -0.650. The van der Waals surface area contributed by atoms with Gasteiger partial charge in [-0.1, -0.05) is 0 Å². The minimum Gasteiger partial charge on any atom is -0.382 e. The van der Waals surface area contributed by atoms with Crippen LogP contribution >= 0.6 is 0 Å². The number of nitrogens with one attached hydrogen (secondary N) is 1. The van der Waals surface area contributed by atoms with Gasteiger partial charge in [-0.15, -0.1) is 0 Å². The highest BCUT2D eigenvalue weighted by Gasteiger charge is 2.22. The second-order valence-electron chi connectivity index (χ2n) is 3.42. The SMILES string of the molecule is COCCOCCNC(=O)C(C)(C)O. The van der Waals surface area contributed by atoms with Crippen LogP contribution in [-0.4, -0.2) is 50.1 Å². The van der Waals surface area contributed by atoms with Gasteiger partial charge < -0.3 is 19.9 Å².